The predicted molar refractivity (Wildman–Crippen MR) is 75.4 cm³/mol. The fraction of sp³-hybridized carbons (Fsp3) is 0.154. The highest BCUT2D eigenvalue weighted by Crippen LogP contribution is 2.26. The van der Waals surface area contributed by atoms with Gasteiger partial charge in [-0.3, -0.25) is 4.79 Å². The average Bonchev–Trinajstić information content (AvgIpc) is 2.47. The molecule has 0 atom stereocenters. The zero-order chi connectivity index (χ0) is 14.7. The van der Waals surface area contributed by atoms with E-state index in [1.807, 2.05) is 0 Å². The van der Waals surface area contributed by atoms with Gasteiger partial charge in [-0.15, -0.1) is 0 Å². The van der Waals surface area contributed by atoms with Gasteiger partial charge >= 0.3 is 5.97 Å². The van der Waals surface area contributed by atoms with Gasteiger partial charge in [0.15, 0.2) is 0 Å². The first-order chi connectivity index (χ1) is 9.56. The number of rotatable bonds is 3. The first kappa shape index (κ1) is 14.3. The molecular formula is C13H11BrN2O4. The summed E-state index contributed by atoms with van der Waals surface area (Å²) < 4.78 is 11.9. The molecule has 2 aromatic rings. The smallest absolute Gasteiger partial charge is 0.362 e. The lowest BCUT2D eigenvalue weighted by Crippen LogP contribution is -2.21. The number of hydrogen-bond acceptors (Lipinski definition) is 5. The number of esters is 1. The summed E-state index contributed by atoms with van der Waals surface area (Å²) in [7, 11) is 2.74. The van der Waals surface area contributed by atoms with Gasteiger partial charge in [-0.2, -0.15) is 5.10 Å². The van der Waals surface area contributed by atoms with Gasteiger partial charge in [-0.1, -0.05) is 0 Å². The molecule has 0 saturated carbocycles. The van der Waals surface area contributed by atoms with Crippen LogP contribution in [0.5, 0.6) is 5.75 Å². The quantitative estimate of drug-likeness (QED) is 0.798. The van der Waals surface area contributed by atoms with Crippen molar-refractivity contribution in [1.29, 1.82) is 0 Å². The molecule has 0 fully saturated rings. The maximum Gasteiger partial charge on any atom is 0.362 e. The van der Waals surface area contributed by atoms with Crippen LogP contribution in [0.3, 0.4) is 0 Å². The van der Waals surface area contributed by atoms with Crippen molar-refractivity contribution in [2.75, 3.05) is 14.2 Å². The van der Waals surface area contributed by atoms with Crippen molar-refractivity contribution in [1.82, 2.24) is 9.78 Å². The van der Waals surface area contributed by atoms with E-state index < -0.39 is 11.4 Å². The largest absolute Gasteiger partial charge is 0.495 e. The standard InChI is InChI=1S/C13H11BrN2O4/c1-19-11-7-8(3-4-9(11)14)16-6-5-10(17)12(15-16)13(18)20-2/h3-7H,1-2H3. The normalized spacial score (nSPS) is 10.2. The van der Waals surface area contributed by atoms with Crippen molar-refractivity contribution in [2.45, 2.75) is 0 Å². The van der Waals surface area contributed by atoms with E-state index in [0.717, 1.165) is 4.47 Å². The lowest BCUT2D eigenvalue weighted by Gasteiger charge is -2.09. The molecule has 0 amide bonds. The average molecular weight is 339 g/mol. The molecule has 0 N–H and O–H groups in total. The number of methoxy groups -OCH3 is 2. The molecular weight excluding hydrogens is 328 g/mol. The summed E-state index contributed by atoms with van der Waals surface area (Å²) in [5, 5.41) is 3.98. The molecule has 6 nitrogen and oxygen atoms in total. The fourth-order valence-corrected chi connectivity index (χ4v) is 1.99. The van der Waals surface area contributed by atoms with E-state index in [0.29, 0.717) is 11.4 Å². The van der Waals surface area contributed by atoms with Crippen LogP contribution in [0.2, 0.25) is 0 Å². The van der Waals surface area contributed by atoms with E-state index in [-0.39, 0.29) is 5.69 Å². The minimum atomic E-state index is -0.770. The molecule has 1 aromatic carbocycles. The number of ether oxygens (including phenoxy) is 2. The highest BCUT2D eigenvalue weighted by molar-refractivity contribution is 9.10. The van der Waals surface area contributed by atoms with Gasteiger partial charge in [0.2, 0.25) is 11.1 Å². The van der Waals surface area contributed by atoms with Gasteiger partial charge in [0.1, 0.15) is 5.75 Å². The number of benzene rings is 1. The van der Waals surface area contributed by atoms with Crippen molar-refractivity contribution in [3.05, 3.63) is 50.9 Å². The van der Waals surface area contributed by atoms with Crippen LogP contribution in [0.15, 0.2) is 39.7 Å². The summed E-state index contributed by atoms with van der Waals surface area (Å²) in [5.41, 5.74) is -0.107. The molecule has 0 aliphatic carbocycles. The Morgan fingerprint density at radius 1 is 1.30 bits per heavy atom. The Bertz CT molecular complexity index is 712. The van der Waals surface area contributed by atoms with Crippen molar-refractivity contribution < 1.29 is 14.3 Å². The minimum Gasteiger partial charge on any atom is -0.495 e. The van der Waals surface area contributed by atoms with Gasteiger partial charge in [0.05, 0.1) is 24.4 Å². The summed E-state index contributed by atoms with van der Waals surface area (Å²) in [5.74, 6) is -0.156. The Balaban J connectivity index is 2.53. The van der Waals surface area contributed by atoms with Crippen LogP contribution in [-0.2, 0) is 4.74 Å². The van der Waals surface area contributed by atoms with Gasteiger partial charge in [0, 0.05) is 18.3 Å². The molecule has 1 heterocycles. The second-order valence-electron chi connectivity index (χ2n) is 3.78. The number of halogens is 1. The number of hydrogen-bond donors (Lipinski definition) is 0. The van der Waals surface area contributed by atoms with E-state index in [2.05, 4.69) is 25.8 Å². The molecule has 0 unspecified atom stereocenters. The van der Waals surface area contributed by atoms with E-state index in [4.69, 9.17) is 4.74 Å². The molecule has 1 aromatic heterocycles. The summed E-state index contributed by atoms with van der Waals surface area (Å²) >= 11 is 3.34. The zero-order valence-electron chi connectivity index (χ0n) is 10.8. The Hall–Kier alpha value is -2.15. The summed E-state index contributed by atoms with van der Waals surface area (Å²) in [6, 6.07) is 6.54. The van der Waals surface area contributed by atoms with Crippen LogP contribution in [0.25, 0.3) is 5.69 Å². The molecule has 20 heavy (non-hydrogen) atoms. The summed E-state index contributed by atoms with van der Waals surface area (Å²) in [6.07, 6.45) is 1.47. The molecule has 0 bridgehead atoms. The molecule has 7 heteroatoms. The van der Waals surface area contributed by atoms with Gasteiger partial charge in [-0.25, -0.2) is 9.48 Å². The highest BCUT2D eigenvalue weighted by Gasteiger charge is 2.13. The number of aromatic nitrogens is 2. The van der Waals surface area contributed by atoms with Crippen molar-refractivity contribution in [2.24, 2.45) is 0 Å². The van der Waals surface area contributed by atoms with E-state index in [1.54, 1.807) is 25.3 Å². The van der Waals surface area contributed by atoms with Gasteiger partial charge in [-0.05, 0) is 28.1 Å². The van der Waals surface area contributed by atoms with E-state index >= 15 is 0 Å². The first-order valence-corrected chi connectivity index (χ1v) is 6.38. The number of carbonyl (C=O) groups is 1. The summed E-state index contributed by atoms with van der Waals surface area (Å²) in [4.78, 5) is 23.0. The van der Waals surface area contributed by atoms with Crippen molar-refractivity contribution >= 4 is 21.9 Å². The minimum absolute atomic E-state index is 0.267. The first-order valence-electron chi connectivity index (χ1n) is 5.59. The van der Waals surface area contributed by atoms with E-state index in [1.165, 1.54) is 24.1 Å². The van der Waals surface area contributed by atoms with Crippen LogP contribution in [0, 0.1) is 0 Å². The third-order valence-electron chi connectivity index (χ3n) is 2.59. The van der Waals surface area contributed by atoms with Crippen LogP contribution < -0.4 is 10.2 Å². The zero-order valence-corrected chi connectivity index (χ0v) is 12.4. The lowest BCUT2D eigenvalue weighted by atomic mass is 10.3. The number of nitrogens with zero attached hydrogens (tertiary/aromatic N) is 2. The van der Waals surface area contributed by atoms with Gasteiger partial charge < -0.3 is 9.47 Å². The van der Waals surface area contributed by atoms with Crippen molar-refractivity contribution in [3.63, 3.8) is 0 Å². The Labute approximate surface area is 123 Å². The maximum absolute atomic E-state index is 11.6. The molecule has 0 saturated heterocycles. The van der Waals surface area contributed by atoms with Crippen LogP contribution in [-0.4, -0.2) is 30.0 Å². The Morgan fingerprint density at radius 2 is 2.05 bits per heavy atom. The molecule has 0 spiro atoms. The topological polar surface area (TPSA) is 70.4 Å². The van der Waals surface area contributed by atoms with E-state index in [9.17, 15) is 9.59 Å². The van der Waals surface area contributed by atoms with Crippen molar-refractivity contribution in [3.8, 4) is 11.4 Å². The number of carbonyl (C=O) groups excluding carboxylic acids is 1. The van der Waals surface area contributed by atoms with Gasteiger partial charge in [0.25, 0.3) is 0 Å². The van der Waals surface area contributed by atoms with Crippen LogP contribution >= 0.6 is 15.9 Å². The monoisotopic (exact) mass is 338 g/mol. The maximum atomic E-state index is 11.6. The Morgan fingerprint density at radius 3 is 2.70 bits per heavy atom. The van der Waals surface area contributed by atoms with Crippen LogP contribution in [0.1, 0.15) is 10.5 Å². The molecule has 2 rings (SSSR count). The summed E-state index contributed by atoms with van der Waals surface area (Å²) in [6.45, 7) is 0. The predicted octanol–water partition coefficient (Wildman–Crippen LogP) is 1.79. The molecule has 0 aliphatic rings. The fourth-order valence-electron chi connectivity index (χ4n) is 1.58. The molecule has 0 aliphatic heterocycles. The van der Waals surface area contributed by atoms with Crippen LogP contribution in [0.4, 0.5) is 0 Å². The SMILES string of the molecule is COC(=O)c1nn(-c2ccc(Br)c(OC)c2)ccc1=O. The molecule has 0 radical (unpaired) electrons. The second kappa shape index (κ2) is 5.87. The third kappa shape index (κ3) is 2.72. The second-order valence-corrected chi connectivity index (χ2v) is 4.64. The lowest BCUT2D eigenvalue weighted by molar-refractivity contribution is 0.0590. The third-order valence-corrected chi connectivity index (χ3v) is 3.24. The molecule has 104 valence electrons. The Kier molecular flexibility index (Phi) is 4.19. The highest BCUT2D eigenvalue weighted by atomic mass is 79.9.